The first kappa shape index (κ1) is 12.9. The average Bonchev–Trinajstić information content (AvgIpc) is 2.28. The molecule has 1 rings (SSSR count). The Bertz CT molecular complexity index is 318. The van der Waals surface area contributed by atoms with Crippen LogP contribution >= 0.6 is 0 Å². The minimum atomic E-state index is 0.527. The van der Waals surface area contributed by atoms with Crippen LogP contribution in [0, 0.1) is 0 Å². The Labute approximate surface area is 96.0 Å². The topological polar surface area (TPSA) is 70.3 Å². The van der Waals surface area contributed by atoms with Crippen molar-refractivity contribution in [1.82, 2.24) is 9.97 Å². The van der Waals surface area contributed by atoms with E-state index in [0.717, 1.165) is 17.9 Å². The van der Waals surface area contributed by atoms with Crippen molar-refractivity contribution in [2.75, 3.05) is 32.7 Å². The van der Waals surface area contributed by atoms with E-state index in [1.165, 1.54) is 0 Å². The van der Waals surface area contributed by atoms with Gasteiger partial charge in [0.2, 0.25) is 0 Å². The molecule has 0 radical (unpaired) electrons. The van der Waals surface area contributed by atoms with E-state index < -0.39 is 0 Å². The van der Waals surface area contributed by atoms with Gasteiger partial charge in [-0.05, 0) is 6.42 Å². The second kappa shape index (κ2) is 7.14. The fraction of sp³-hybridized carbons (Fsp3) is 0.636. The molecule has 0 bridgehead atoms. The molecule has 0 amide bonds. The molecule has 90 valence electrons. The van der Waals surface area contributed by atoms with Crippen LogP contribution in [0.5, 0.6) is 0 Å². The summed E-state index contributed by atoms with van der Waals surface area (Å²) in [4.78, 5) is 8.52. The summed E-state index contributed by atoms with van der Waals surface area (Å²) < 4.78 is 10.2. The maximum absolute atomic E-state index is 5.67. The van der Waals surface area contributed by atoms with Crippen LogP contribution < -0.4 is 5.73 Å². The molecule has 0 aliphatic carbocycles. The standard InChI is InChI=1S/C11H19N3O2/c1-3-9-8-10(12)14-11(13-9)4-5-16-7-6-15-2/h8H,3-7H2,1-2H3,(H2,12,13,14). The lowest BCUT2D eigenvalue weighted by Gasteiger charge is -2.05. The summed E-state index contributed by atoms with van der Waals surface area (Å²) in [5, 5.41) is 0. The molecule has 0 aliphatic rings. The van der Waals surface area contributed by atoms with Gasteiger partial charge < -0.3 is 15.2 Å². The number of nitrogens with two attached hydrogens (primary N) is 1. The Balaban J connectivity index is 2.38. The molecule has 1 heterocycles. The fourth-order valence-electron chi connectivity index (χ4n) is 1.28. The van der Waals surface area contributed by atoms with Gasteiger partial charge in [0.05, 0.1) is 19.8 Å². The number of ether oxygens (including phenoxy) is 2. The molecule has 0 aliphatic heterocycles. The second-order valence-corrected chi connectivity index (χ2v) is 3.41. The molecule has 0 atom stereocenters. The van der Waals surface area contributed by atoms with Crippen molar-refractivity contribution in [3.63, 3.8) is 0 Å². The molecule has 5 nitrogen and oxygen atoms in total. The van der Waals surface area contributed by atoms with Gasteiger partial charge in [-0.2, -0.15) is 0 Å². The van der Waals surface area contributed by atoms with Crippen LogP contribution in [0.3, 0.4) is 0 Å². The highest BCUT2D eigenvalue weighted by molar-refractivity contribution is 5.29. The minimum Gasteiger partial charge on any atom is -0.384 e. The molecule has 5 heteroatoms. The highest BCUT2D eigenvalue weighted by Gasteiger charge is 2.01. The number of methoxy groups -OCH3 is 1. The van der Waals surface area contributed by atoms with E-state index in [1.807, 2.05) is 6.92 Å². The Hall–Kier alpha value is -1.20. The third kappa shape index (κ3) is 4.55. The van der Waals surface area contributed by atoms with Crippen LogP contribution in [0.2, 0.25) is 0 Å². The third-order valence-electron chi connectivity index (χ3n) is 2.11. The summed E-state index contributed by atoms with van der Waals surface area (Å²) in [6, 6.07) is 1.80. The van der Waals surface area contributed by atoms with Gasteiger partial charge in [-0.25, -0.2) is 9.97 Å². The molecule has 0 fully saturated rings. The highest BCUT2D eigenvalue weighted by atomic mass is 16.5. The van der Waals surface area contributed by atoms with Gasteiger partial charge in [-0.15, -0.1) is 0 Å². The van der Waals surface area contributed by atoms with Crippen LogP contribution in [-0.4, -0.2) is 36.9 Å². The van der Waals surface area contributed by atoms with E-state index >= 15 is 0 Å². The molecule has 16 heavy (non-hydrogen) atoms. The number of hydrogen-bond acceptors (Lipinski definition) is 5. The summed E-state index contributed by atoms with van der Waals surface area (Å²) in [5.74, 6) is 1.27. The zero-order chi connectivity index (χ0) is 11.8. The Morgan fingerprint density at radius 2 is 2.06 bits per heavy atom. The summed E-state index contributed by atoms with van der Waals surface area (Å²) in [5.41, 5.74) is 6.65. The van der Waals surface area contributed by atoms with Crippen LogP contribution in [0.25, 0.3) is 0 Å². The molecule has 0 spiro atoms. The number of anilines is 1. The van der Waals surface area contributed by atoms with Gasteiger partial charge >= 0.3 is 0 Å². The first-order chi connectivity index (χ1) is 7.76. The van der Waals surface area contributed by atoms with Gasteiger partial charge in [0, 0.05) is 25.3 Å². The van der Waals surface area contributed by atoms with E-state index in [0.29, 0.717) is 32.1 Å². The molecule has 0 unspecified atom stereocenters. The third-order valence-corrected chi connectivity index (χ3v) is 2.11. The van der Waals surface area contributed by atoms with Crippen molar-refractivity contribution < 1.29 is 9.47 Å². The predicted molar refractivity (Wildman–Crippen MR) is 62.2 cm³/mol. The lowest BCUT2D eigenvalue weighted by atomic mass is 10.3. The van der Waals surface area contributed by atoms with Crippen LogP contribution in [-0.2, 0) is 22.3 Å². The summed E-state index contributed by atoms with van der Waals surface area (Å²) in [7, 11) is 1.65. The van der Waals surface area contributed by atoms with Gasteiger partial charge in [0.25, 0.3) is 0 Å². The van der Waals surface area contributed by atoms with Crippen molar-refractivity contribution in [3.8, 4) is 0 Å². The smallest absolute Gasteiger partial charge is 0.133 e. The molecule has 0 saturated carbocycles. The van der Waals surface area contributed by atoms with Crippen LogP contribution in [0.4, 0.5) is 5.82 Å². The summed E-state index contributed by atoms with van der Waals surface area (Å²) >= 11 is 0. The normalized spacial score (nSPS) is 10.6. The summed E-state index contributed by atoms with van der Waals surface area (Å²) in [6.07, 6.45) is 1.55. The highest BCUT2D eigenvalue weighted by Crippen LogP contribution is 2.04. The number of hydrogen-bond donors (Lipinski definition) is 1. The van der Waals surface area contributed by atoms with E-state index in [1.54, 1.807) is 13.2 Å². The first-order valence-electron chi connectivity index (χ1n) is 5.45. The molecule has 0 saturated heterocycles. The second-order valence-electron chi connectivity index (χ2n) is 3.41. The van der Waals surface area contributed by atoms with E-state index in [-0.39, 0.29) is 0 Å². The number of nitrogen functional groups attached to an aromatic ring is 1. The quantitative estimate of drug-likeness (QED) is 0.696. The number of rotatable bonds is 7. The number of aromatic nitrogens is 2. The average molecular weight is 225 g/mol. The van der Waals surface area contributed by atoms with Gasteiger partial charge in [-0.3, -0.25) is 0 Å². The largest absolute Gasteiger partial charge is 0.384 e. The van der Waals surface area contributed by atoms with E-state index in [4.69, 9.17) is 15.2 Å². The van der Waals surface area contributed by atoms with E-state index in [2.05, 4.69) is 9.97 Å². The van der Waals surface area contributed by atoms with Crippen molar-refractivity contribution in [2.24, 2.45) is 0 Å². The maximum Gasteiger partial charge on any atom is 0.133 e. The lowest BCUT2D eigenvalue weighted by molar-refractivity contribution is 0.0716. The zero-order valence-electron chi connectivity index (χ0n) is 9.90. The van der Waals surface area contributed by atoms with Crippen molar-refractivity contribution in [2.45, 2.75) is 19.8 Å². The SMILES string of the molecule is CCc1cc(N)nc(CCOCCOC)n1. The monoisotopic (exact) mass is 225 g/mol. The molecule has 1 aromatic heterocycles. The van der Waals surface area contributed by atoms with Crippen molar-refractivity contribution in [1.29, 1.82) is 0 Å². The van der Waals surface area contributed by atoms with Gasteiger partial charge in [0.1, 0.15) is 11.6 Å². The van der Waals surface area contributed by atoms with Gasteiger partial charge in [-0.1, -0.05) is 6.92 Å². The lowest BCUT2D eigenvalue weighted by Crippen LogP contribution is -2.09. The zero-order valence-corrected chi connectivity index (χ0v) is 9.90. The van der Waals surface area contributed by atoms with E-state index in [9.17, 15) is 0 Å². The molecule has 2 N–H and O–H groups in total. The van der Waals surface area contributed by atoms with Crippen LogP contribution in [0.1, 0.15) is 18.4 Å². The van der Waals surface area contributed by atoms with Gasteiger partial charge in [0.15, 0.2) is 0 Å². The number of aryl methyl sites for hydroxylation is 1. The first-order valence-corrected chi connectivity index (χ1v) is 5.45. The molecular weight excluding hydrogens is 206 g/mol. The fourth-order valence-corrected chi connectivity index (χ4v) is 1.28. The molecule has 0 aromatic carbocycles. The Kier molecular flexibility index (Phi) is 5.74. The minimum absolute atomic E-state index is 0.527. The molecular formula is C11H19N3O2. The Morgan fingerprint density at radius 3 is 2.75 bits per heavy atom. The van der Waals surface area contributed by atoms with Crippen molar-refractivity contribution >= 4 is 5.82 Å². The summed E-state index contributed by atoms with van der Waals surface area (Å²) in [6.45, 7) is 3.84. The molecule has 1 aromatic rings. The van der Waals surface area contributed by atoms with Crippen molar-refractivity contribution in [3.05, 3.63) is 17.6 Å². The Morgan fingerprint density at radius 1 is 1.25 bits per heavy atom. The maximum atomic E-state index is 5.67. The van der Waals surface area contributed by atoms with Crippen LogP contribution in [0.15, 0.2) is 6.07 Å². The number of nitrogens with zero attached hydrogens (tertiary/aromatic N) is 2. The predicted octanol–water partition coefficient (Wildman–Crippen LogP) is 0.827.